The molecule has 156 valence electrons. The Morgan fingerprint density at radius 1 is 1.15 bits per heavy atom. The molecule has 0 atom stereocenters. The highest BCUT2D eigenvalue weighted by atomic mass is 127. The van der Waals surface area contributed by atoms with Crippen LogP contribution < -0.4 is 20.1 Å². The SMILES string of the molecule is CCCOc1ccc(CN=C(NCC)NCCOCC)c(OC(F)F)c1.I. The molecular weight excluding hydrogens is 471 g/mol. The summed E-state index contributed by atoms with van der Waals surface area (Å²) in [6, 6.07) is 4.90. The van der Waals surface area contributed by atoms with E-state index in [1.54, 1.807) is 12.1 Å². The first-order valence-electron chi connectivity index (χ1n) is 8.91. The van der Waals surface area contributed by atoms with Crippen LogP contribution in [0.2, 0.25) is 0 Å². The summed E-state index contributed by atoms with van der Waals surface area (Å²) >= 11 is 0. The summed E-state index contributed by atoms with van der Waals surface area (Å²) in [5, 5.41) is 6.22. The Morgan fingerprint density at radius 3 is 2.56 bits per heavy atom. The molecule has 1 aromatic rings. The van der Waals surface area contributed by atoms with Crippen LogP contribution >= 0.6 is 24.0 Å². The minimum absolute atomic E-state index is 0. The molecule has 9 heteroatoms. The van der Waals surface area contributed by atoms with Crippen LogP contribution in [0.3, 0.4) is 0 Å². The van der Waals surface area contributed by atoms with Crippen LogP contribution in [0.4, 0.5) is 8.78 Å². The second-order valence-corrected chi connectivity index (χ2v) is 5.32. The molecule has 0 saturated carbocycles. The first-order chi connectivity index (χ1) is 12.6. The molecule has 0 aliphatic carbocycles. The van der Waals surface area contributed by atoms with E-state index in [9.17, 15) is 8.78 Å². The number of aliphatic imine (C=N–C) groups is 1. The van der Waals surface area contributed by atoms with Crippen molar-refractivity contribution >= 4 is 29.9 Å². The van der Waals surface area contributed by atoms with Gasteiger partial charge in [0.15, 0.2) is 5.96 Å². The van der Waals surface area contributed by atoms with E-state index in [0.717, 1.165) is 6.42 Å². The van der Waals surface area contributed by atoms with Gasteiger partial charge < -0.3 is 24.8 Å². The number of guanidine groups is 1. The second kappa shape index (κ2) is 15.7. The van der Waals surface area contributed by atoms with Crippen molar-refractivity contribution in [3.8, 4) is 11.5 Å². The number of nitrogens with zero attached hydrogens (tertiary/aromatic N) is 1. The number of benzene rings is 1. The number of rotatable bonds is 12. The molecule has 27 heavy (non-hydrogen) atoms. The topological polar surface area (TPSA) is 64.1 Å². The van der Waals surface area contributed by atoms with Gasteiger partial charge in [-0.2, -0.15) is 8.78 Å². The Balaban J connectivity index is 0.00000676. The molecule has 0 amide bonds. The Labute approximate surface area is 177 Å². The lowest BCUT2D eigenvalue weighted by molar-refractivity contribution is -0.0505. The Hall–Kier alpha value is -1.36. The summed E-state index contributed by atoms with van der Waals surface area (Å²) in [5.74, 6) is 1.15. The van der Waals surface area contributed by atoms with E-state index in [2.05, 4.69) is 20.4 Å². The normalized spacial score (nSPS) is 11.1. The molecule has 0 heterocycles. The molecule has 2 N–H and O–H groups in total. The largest absolute Gasteiger partial charge is 0.493 e. The molecule has 0 bridgehead atoms. The summed E-state index contributed by atoms with van der Waals surface area (Å²) in [6.45, 7) is 6.15. The van der Waals surface area contributed by atoms with Crippen molar-refractivity contribution in [1.82, 2.24) is 10.6 Å². The number of halogens is 3. The zero-order valence-corrected chi connectivity index (χ0v) is 18.4. The summed E-state index contributed by atoms with van der Waals surface area (Å²) in [6.07, 6.45) is 0.830. The molecule has 1 aromatic carbocycles. The first kappa shape index (κ1) is 25.6. The maximum atomic E-state index is 12.7. The van der Waals surface area contributed by atoms with Gasteiger partial charge in [0, 0.05) is 31.3 Å². The van der Waals surface area contributed by atoms with Crippen molar-refractivity contribution in [2.75, 3.05) is 32.9 Å². The fraction of sp³-hybridized carbons (Fsp3) is 0.611. The third-order valence-electron chi connectivity index (χ3n) is 3.22. The van der Waals surface area contributed by atoms with Crippen molar-refractivity contribution in [2.45, 2.75) is 40.3 Å². The summed E-state index contributed by atoms with van der Waals surface area (Å²) in [5.41, 5.74) is 0.552. The summed E-state index contributed by atoms with van der Waals surface area (Å²) < 4.78 is 40.8. The maximum absolute atomic E-state index is 12.7. The van der Waals surface area contributed by atoms with Crippen LogP contribution in [0.1, 0.15) is 32.8 Å². The zero-order chi connectivity index (χ0) is 19.2. The van der Waals surface area contributed by atoms with E-state index in [0.29, 0.717) is 50.2 Å². The van der Waals surface area contributed by atoms with Crippen LogP contribution in [0, 0.1) is 0 Å². The van der Waals surface area contributed by atoms with Gasteiger partial charge in [-0.3, -0.25) is 0 Å². The van der Waals surface area contributed by atoms with Gasteiger partial charge >= 0.3 is 6.61 Å². The Kier molecular flexibility index (Phi) is 14.9. The highest BCUT2D eigenvalue weighted by Crippen LogP contribution is 2.27. The van der Waals surface area contributed by atoms with Crippen molar-refractivity contribution in [3.63, 3.8) is 0 Å². The van der Waals surface area contributed by atoms with E-state index in [-0.39, 0.29) is 36.3 Å². The van der Waals surface area contributed by atoms with Crippen molar-refractivity contribution in [3.05, 3.63) is 23.8 Å². The van der Waals surface area contributed by atoms with E-state index in [1.807, 2.05) is 20.8 Å². The first-order valence-corrected chi connectivity index (χ1v) is 8.91. The molecule has 0 spiro atoms. The highest BCUT2D eigenvalue weighted by Gasteiger charge is 2.11. The molecule has 0 fully saturated rings. The average Bonchev–Trinajstić information content (AvgIpc) is 2.62. The summed E-state index contributed by atoms with van der Waals surface area (Å²) in [4.78, 5) is 4.41. The van der Waals surface area contributed by atoms with Gasteiger partial charge in [-0.05, 0) is 32.4 Å². The monoisotopic (exact) mass is 501 g/mol. The molecule has 0 aromatic heterocycles. The summed E-state index contributed by atoms with van der Waals surface area (Å²) in [7, 11) is 0. The average molecular weight is 501 g/mol. The minimum atomic E-state index is -2.91. The zero-order valence-electron chi connectivity index (χ0n) is 16.1. The molecule has 1 rings (SSSR count). The van der Waals surface area contributed by atoms with Crippen molar-refractivity contribution < 1.29 is 23.0 Å². The number of hydrogen-bond acceptors (Lipinski definition) is 4. The predicted molar refractivity (Wildman–Crippen MR) is 114 cm³/mol. The smallest absolute Gasteiger partial charge is 0.387 e. The van der Waals surface area contributed by atoms with E-state index >= 15 is 0 Å². The van der Waals surface area contributed by atoms with Gasteiger partial charge in [-0.25, -0.2) is 4.99 Å². The lowest BCUT2D eigenvalue weighted by atomic mass is 10.2. The van der Waals surface area contributed by atoms with E-state index in [1.165, 1.54) is 6.07 Å². The Morgan fingerprint density at radius 2 is 1.93 bits per heavy atom. The quantitative estimate of drug-likeness (QED) is 0.198. The van der Waals surface area contributed by atoms with E-state index < -0.39 is 6.61 Å². The fourth-order valence-electron chi connectivity index (χ4n) is 2.07. The van der Waals surface area contributed by atoms with Crippen LogP contribution in [-0.4, -0.2) is 45.5 Å². The molecule has 0 aliphatic rings. The third-order valence-corrected chi connectivity index (χ3v) is 3.22. The fourth-order valence-corrected chi connectivity index (χ4v) is 2.07. The molecule has 0 saturated heterocycles. The number of ether oxygens (including phenoxy) is 3. The molecule has 6 nitrogen and oxygen atoms in total. The molecule has 0 unspecified atom stereocenters. The van der Waals surface area contributed by atoms with Crippen molar-refractivity contribution in [2.24, 2.45) is 4.99 Å². The highest BCUT2D eigenvalue weighted by molar-refractivity contribution is 14.0. The molecule has 0 radical (unpaired) electrons. The van der Waals surface area contributed by atoms with Crippen molar-refractivity contribution in [1.29, 1.82) is 0 Å². The van der Waals surface area contributed by atoms with E-state index in [4.69, 9.17) is 9.47 Å². The lowest BCUT2D eigenvalue weighted by Gasteiger charge is -2.14. The number of alkyl halides is 2. The van der Waals surface area contributed by atoms with Gasteiger partial charge in [-0.15, -0.1) is 24.0 Å². The van der Waals surface area contributed by atoms with Gasteiger partial charge in [0.1, 0.15) is 11.5 Å². The van der Waals surface area contributed by atoms with Crippen LogP contribution in [0.15, 0.2) is 23.2 Å². The van der Waals surface area contributed by atoms with Gasteiger partial charge in [0.25, 0.3) is 0 Å². The van der Waals surface area contributed by atoms with Crippen LogP contribution in [0.5, 0.6) is 11.5 Å². The lowest BCUT2D eigenvalue weighted by Crippen LogP contribution is -2.39. The molecular formula is C18H30F2IN3O3. The van der Waals surface area contributed by atoms with Gasteiger partial charge in [-0.1, -0.05) is 6.92 Å². The maximum Gasteiger partial charge on any atom is 0.387 e. The minimum Gasteiger partial charge on any atom is -0.493 e. The number of nitrogens with one attached hydrogen (secondary N) is 2. The van der Waals surface area contributed by atoms with Crippen LogP contribution in [-0.2, 0) is 11.3 Å². The molecule has 0 aliphatic heterocycles. The third kappa shape index (κ3) is 11.2. The number of hydrogen-bond donors (Lipinski definition) is 2. The Bertz CT molecular complexity index is 549. The van der Waals surface area contributed by atoms with Crippen LogP contribution in [0.25, 0.3) is 0 Å². The van der Waals surface area contributed by atoms with Gasteiger partial charge in [0.2, 0.25) is 0 Å². The standard InChI is InChI=1S/C18H29F2N3O3.HI/c1-4-10-25-15-8-7-14(16(12-15)26-17(19)20)13-23-18(21-5-2)22-9-11-24-6-3;/h7-8,12,17H,4-6,9-11,13H2,1-3H3,(H2,21,22,23);1H. The predicted octanol–water partition coefficient (Wildman–Crippen LogP) is 3.79. The second-order valence-electron chi connectivity index (χ2n) is 5.32. The van der Waals surface area contributed by atoms with Gasteiger partial charge in [0.05, 0.1) is 19.8 Å².